The van der Waals surface area contributed by atoms with Gasteiger partial charge < -0.3 is 10.6 Å². The van der Waals surface area contributed by atoms with Crippen molar-refractivity contribution in [1.29, 1.82) is 0 Å². The molecule has 1 aromatic carbocycles. The first kappa shape index (κ1) is 22.4. The zero-order valence-corrected chi connectivity index (χ0v) is 19.4. The fourth-order valence-electron chi connectivity index (χ4n) is 3.67. The van der Waals surface area contributed by atoms with Crippen LogP contribution in [-0.2, 0) is 18.9 Å². The molecule has 0 aliphatic rings. The average Bonchev–Trinajstić information content (AvgIpc) is 3.43. The first-order chi connectivity index (χ1) is 15.9. The van der Waals surface area contributed by atoms with Crippen LogP contribution in [-0.4, -0.2) is 37.0 Å². The number of nitrogens with zero attached hydrogens (tertiary/aromatic N) is 5. The van der Waals surface area contributed by atoms with Gasteiger partial charge in [-0.25, -0.2) is 4.98 Å². The number of carbonyl (C=O) groups is 1. The molecule has 0 fully saturated rings. The van der Waals surface area contributed by atoms with Crippen LogP contribution < -0.4 is 10.6 Å². The molecule has 0 saturated carbocycles. The second-order valence-electron chi connectivity index (χ2n) is 8.42. The summed E-state index contributed by atoms with van der Waals surface area (Å²) in [6.45, 7) is 4.87. The van der Waals surface area contributed by atoms with E-state index in [1.807, 2.05) is 32.6 Å². The van der Waals surface area contributed by atoms with Gasteiger partial charge in [0.2, 0.25) is 5.91 Å². The number of nitrogens with one attached hydrogen (secondary N) is 2. The molecule has 0 radical (unpaired) electrons. The van der Waals surface area contributed by atoms with E-state index in [0.717, 1.165) is 16.7 Å². The van der Waals surface area contributed by atoms with Crippen LogP contribution in [0.5, 0.6) is 0 Å². The molecule has 3 aromatic heterocycles. The molecule has 0 bridgehead atoms. The van der Waals surface area contributed by atoms with Crippen molar-refractivity contribution in [3.63, 3.8) is 0 Å². The van der Waals surface area contributed by atoms with Crippen LogP contribution in [0.15, 0.2) is 67.4 Å². The van der Waals surface area contributed by atoms with Crippen molar-refractivity contribution in [2.24, 2.45) is 14.1 Å². The molecular formula is C25H29N7O. The van der Waals surface area contributed by atoms with Gasteiger partial charge in [0, 0.05) is 55.9 Å². The summed E-state index contributed by atoms with van der Waals surface area (Å²) < 4.78 is 3.44. The number of carbonyl (C=O) groups excluding carboxylic acids is 1. The fraction of sp³-hybridized carbons (Fsp3) is 0.280. The lowest BCUT2D eigenvalue weighted by atomic mass is 9.99. The number of aromatic nitrogens is 5. The average molecular weight is 444 g/mol. The van der Waals surface area contributed by atoms with E-state index >= 15 is 0 Å². The highest BCUT2D eigenvalue weighted by atomic mass is 16.2. The third-order valence-electron chi connectivity index (χ3n) is 5.65. The molecule has 0 aliphatic heterocycles. The van der Waals surface area contributed by atoms with E-state index in [9.17, 15) is 4.79 Å². The van der Waals surface area contributed by atoms with Gasteiger partial charge in [0.05, 0.1) is 12.4 Å². The van der Waals surface area contributed by atoms with E-state index in [1.54, 1.807) is 34.0 Å². The van der Waals surface area contributed by atoms with Crippen molar-refractivity contribution in [3.8, 4) is 11.1 Å². The number of rotatable bonds is 8. The smallest absolute Gasteiger partial charge is 0.247 e. The molecule has 170 valence electrons. The molecule has 3 heterocycles. The Kier molecular flexibility index (Phi) is 6.65. The summed E-state index contributed by atoms with van der Waals surface area (Å²) in [5.41, 5.74) is 5.18. The van der Waals surface area contributed by atoms with Crippen LogP contribution >= 0.6 is 0 Å². The Morgan fingerprint density at radius 2 is 1.64 bits per heavy atom. The minimum atomic E-state index is -0.550. The molecule has 2 N–H and O–H groups in total. The largest absolute Gasteiger partial charge is 0.309 e. The third-order valence-corrected chi connectivity index (χ3v) is 5.65. The summed E-state index contributed by atoms with van der Waals surface area (Å²) >= 11 is 0. The Morgan fingerprint density at radius 3 is 2.24 bits per heavy atom. The number of pyridine rings is 1. The molecule has 33 heavy (non-hydrogen) atoms. The maximum Gasteiger partial charge on any atom is 0.247 e. The lowest BCUT2D eigenvalue weighted by molar-refractivity contribution is -0.118. The minimum absolute atomic E-state index is 0.180. The minimum Gasteiger partial charge on any atom is -0.309 e. The maximum atomic E-state index is 13.2. The molecule has 0 aliphatic carbocycles. The van der Waals surface area contributed by atoms with E-state index in [1.165, 1.54) is 11.1 Å². The van der Waals surface area contributed by atoms with E-state index in [4.69, 9.17) is 0 Å². The standard InChI is InChI=1S/C25H29N7O/c1-17-5-7-19(8-6-17)18(2)11-27-24(22-14-29-32(4)16-22)25(33)30-23-10-9-20(12-26-23)21-13-28-31(3)15-21/h5-10,12-16,18,24,27H,11H2,1-4H3,(H,26,30,33)/t18?,24-/m1/s1. The highest BCUT2D eigenvalue weighted by Crippen LogP contribution is 2.21. The van der Waals surface area contributed by atoms with Gasteiger partial charge >= 0.3 is 0 Å². The number of hydrogen-bond acceptors (Lipinski definition) is 5. The SMILES string of the molecule is Cc1ccc(C(C)CN[C@@H](C(=O)Nc2ccc(-c3cnn(C)c3)cn2)c2cnn(C)c2)cc1. The first-order valence-electron chi connectivity index (χ1n) is 10.9. The summed E-state index contributed by atoms with van der Waals surface area (Å²) in [6, 6.07) is 11.7. The van der Waals surface area contributed by atoms with Crippen molar-refractivity contribution in [2.45, 2.75) is 25.8 Å². The molecule has 8 nitrogen and oxygen atoms in total. The van der Waals surface area contributed by atoms with Crippen LogP contribution in [0.25, 0.3) is 11.1 Å². The van der Waals surface area contributed by atoms with Crippen molar-refractivity contribution < 1.29 is 4.79 Å². The monoisotopic (exact) mass is 443 g/mol. The molecule has 4 aromatic rings. The fourth-order valence-corrected chi connectivity index (χ4v) is 3.67. The second-order valence-corrected chi connectivity index (χ2v) is 8.42. The van der Waals surface area contributed by atoms with Crippen LogP contribution in [0.3, 0.4) is 0 Å². The van der Waals surface area contributed by atoms with Crippen LogP contribution in [0.2, 0.25) is 0 Å². The summed E-state index contributed by atoms with van der Waals surface area (Å²) in [5.74, 6) is 0.560. The van der Waals surface area contributed by atoms with Gasteiger partial charge in [0.15, 0.2) is 0 Å². The third kappa shape index (κ3) is 5.53. The van der Waals surface area contributed by atoms with E-state index in [2.05, 4.69) is 63.9 Å². The number of amides is 1. The Bertz CT molecular complexity index is 1210. The van der Waals surface area contributed by atoms with Gasteiger partial charge in [-0.1, -0.05) is 36.8 Å². The Labute approximate surface area is 193 Å². The summed E-state index contributed by atoms with van der Waals surface area (Å²) in [6.07, 6.45) is 9.01. The zero-order chi connectivity index (χ0) is 23.4. The first-order valence-corrected chi connectivity index (χ1v) is 10.9. The Hall–Kier alpha value is -3.78. The van der Waals surface area contributed by atoms with Crippen LogP contribution in [0, 0.1) is 6.92 Å². The zero-order valence-electron chi connectivity index (χ0n) is 19.4. The lowest BCUT2D eigenvalue weighted by Crippen LogP contribution is -2.35. The number of aryl methyl sites for hydroxylation is 3. The molecule has 1 amide bonds. The topological polar surface area (TPSA) is 89.7 Å². The predicted octanol–water partition coefficient (Wildman–Crippen LogP) is 3.60. The van der Waals surface area contributed by atoms with Gasteiger partial charge in [-0.05, 0) is 30.5 Å². The normalized spacial score (nSPS) is 13.0. The molecular weight excluding hydrogens is 414 g/mol. The van der Waals surface area contributed by atoms with Gasteiger partial charge in [-0.3, -0.25) is 14.2 Å². The van der Waals surface area contributed by atoms with Gasteiger partial charge in [-0.2, -0.15) is 10.2 Å². The Balaban J connectivity index is 1.46. The van der Waals surface area contributed by atoms with Crippen LogP contribution in [0.1, 0.15) is 35.6 Å². The molecule has 2 atom stereocenters. The summed E-state index contributed by atoms with van der Waals surface area (Å²) in [7, 11) is 3.71. The Morgan fingerprint density at radius 1 is 0.909 bits per heavy atom. The van der Waals surface area contributed by atoms with E-state index in [-0.39, 0.29) is 11.8 Å². The van der Waals surface area contributed by atoms with Crippen molar-refractivity contribution >= 4 is 11.7 Å². The summed E-state index contributed by atoms with van der Waals surface area (Å²) in [5, 5.41) is 14.8. The number of benzene rings is 1. The molecule has 0 spiro atoms. The second kappa shape index (κ2) is 9.79. The van der Waals surface area contributed by atoms with Crippen molar-refractivity contribution in [3.05, 3.63) is 84.1 Å². The van der Waals surface area contributed by atoms with Crippen molar-refractivity contribution in [1.82, 2.24) is 29.9 Å². The van der Waals surface area contributed by atoms with Crippen LogP contribution in [0.4, 0.5) is 5.82 Å². The maximum absolute atomic E-state index is 13.2. The lowest BCUT2D eigenvalue weighted by Gasteiger charge is -2.20. The van der Waals surface area contributed by atoms with Gasteiger partial charge in [0.25, 0.3) is 0 Å². The molecule has 4 rings (SSSR count). The molecule has 1 unspecified atom stereocenters. The quantitative estimate of drug-likeness (QED) is 0.434. The van der Waals surface area contributed by atoms with E-state index < -0.39 is 6.04 Å². The van der Waals surface area contributed by atoms with E-state index in [0.29, 0.717) is 12.4 Å². The van der Waals surface area contributed by atoms with Gasteiger partial charge in [0.1, 0.15) is 11.9 Å². The highest BCUT2D eigenvalue weighted by Gasteiger charge is 2.23. The molecule has 0 saturated heterocycles. The van der Waals surface area contributed by atoms with Crippen molar-refractivity contribution in [2.75, 3.05) is 11.9 Å². The van der Waals surface area contributed by atoms with Gasteiger partial charge in [-0.15, -0.1) is 0 Å². The molecule has 8 heteroatoms. The summed E-state index contributed by atoms with van der Waals surface area (Å²) in [4.78, 5) is 17.6. The highest BCUT2D eigenvalue weighted by molar-refractivity contribution is 5.94. The number of anilines is 1. The number of hydrogen-bond donors (Lipinski definition) is 2. The predicted molar refractivity (Wildman–Crippen MR) is 129 cm³/mol.